The summed E-state index contributed by atoms with van der Waals surface area (Å²) >= 11 is 7.59. The molecule has 2 amide bonds. The van der Waals surface area contributed by atoms with Gasteiger partial charge in [-0.2, -0.15) is 4.98 Å². The summed E-state index contributed by atoms with van der Waals surface area (Å²) in [5.41, 5.74) is 0.675. The number of rotatable bonds is 5. The van der Waals surface area contributed by atoms with E-state index in [-0.39, 0.29) is 12.6 Å². The third-order valence-corrected chi connectivity index (χ3v) is 3.65. The minimum absolute atomic E-state index is 0.170. The van der Waals surface area contributed by atoms with Crippen molar-refractivity contribution in [3.05, 3.63) is 34.9 Å². The second kappa shape index (κ2) is 7.33. The lowest BCUT2D eigenvalue weighted by Crippen LogP contribution is -2.28. The van der Waals surface area contributed by atoms with Crippen LogP contribution in [0.5, 0.6) is 0 Å². The highest BCUT2D eigenvalue weighted by atomic mass is 35.5. The summed E-state index contributed by atoms with van der Waals surface area (Å²) in [5, 5.41) is 9.64. The maximum atomic E-state index is 11.9. The number of urea groups is 1. The van der Waals surface area contributed by atoms with Gasteiger partial charge in [-0.1, -0.05) is 23.7 Å². The summed E-state index contributed by atoms with van der Waals surface area (Å²) < 4.78 is 4.92. The summed E-state index contributed by atoms with van der Waals surface area (Å²) in [7, 11) is 0. The van der Waals surface area contributed by atoms with Crippen molar-refractivity contribution in [1.29, 1.82) is 0 Å². The van der Waals surface area contributed by atoms with Crippen LogP contribution in [-0.4, -0.2) is 21.9 Å². The van der Waals surface area contributed by atoms with Crippen LogP contribution < -0.4 is 10.6 Å². The van der Waals surface area contributed by atoms with E-state index in [9.17, 15) is 4.79 Å². The van der Waals surface area contributed by atoms with Gasteiger partial charge in [-0.15, -0.1) is 11.8 Å². The topological polar surface area (TPSA) is 80.0 Å². The molecule has 0 unspecified atom stereocenters. The number of nitrogens with zero attached hydrogens (tertiary/aromatic N) is 2. The quantitative estimate of drug-likeness (QED) is 0.822. The SMILES string of the molecule is CCSc1ccc(Cl)cc1NC(=O)NCc1nc(C)no1. The number of amides is 2. The van der Waals surface area contributed by atoms with Crippen molar-refractivity contribution in [2.75, 3.05) is 11.1 Å². The Morgan fingerprint density at radius 2 is 2.29 bits per heavy atom. The Morgan fingerprint density at radius 1 is 1.48 bits per heavy atom. The fourth-order valence-electron chi connectivity index (χ4n) is 1.62. The number of benzene rings is 1. The molecule has 0 spiro atoms. The monoisotopic (exact) mass is 326 g/mol. The maximum Gasteiger partial charge on any atom is 0.319 e. The standard InChI is InChI=1S/C13H15ClN4O2S/c1-3-21-11-5-4-9(14)6-10(11)17-13(19)15-7-12-16-8(2)18-20-12/h4-6H,3,7H2,1-2H3,(H2,15,17,19). The molecule has 0 saturated heterocycles. The Balaban J connectivity index is 1.97. The molecule has 0 aliphatic rings. The highest BCUT2D eigenvalue weighted by Crippen LogP contribution is 2.29. The van der Waals surface area contributed by atoms with Crippen molar-refractivity contribution in [2.24, 2.45) is 0 Å². The van der Waals surface area contributed by atoms with Gasteiger partial charge < -0.3 is 15.2 Å². The molecule has 2 rings (SSSR count). The molecule has 6 nitrogen and oxygen atoms in total. The molecule has 2 aromatic rings. The van der Waals surface area contributed by atoms with Crippen LogP contribution in [-0.2, 0) is 6.54 Å². The molecule has 0 radical (unpaired) electrons. The Bertz CT molecular complexity index is 632. The molecule has 1 aromatic carbocycles. The molecule has 0 bridgehead atoms. The molecule has 0 aliphatic carbocycles. The van der Waals surface area contributed by atoms with E-state index >= 15 is 0 Å². The molecule has 0 aliphatic heterocycles. The van der Waals surface area contributed by atoms with Crippen LogP contribution >= 0.6 is 23.4 Å². The molecule has 1 aromatic heterocycles. The van der Waals surface area contributed by atoms with Crippen LogP contribution in [0, 0.1) is 6.92 Å². The molecule has 0 fully saturated rings. The van der Waals surface area contributed by atoms with E-state index in [1.54, 1.807) is 30.8 Å². The minimum Gasteiger partial charge on any atom is -0.337 e. The number of nitrogens with one attached hydrogen (secondary N) is 2. The summed E-state index contributed by atoms with van der Waals surface area (Å²) in [5.74, 6) is 1.79. The summed E-state index contributed by atoms with van der Waals surface area (Å²) in [6.45, 7) is 3.93. The smallest absolute Gasteiger partial charge is 0.319 e. The van der Waals surface area contributed by atoms with E-state index in [2.05, 4.69) is 20.8 Å². The van der Waals surface area contributed by atoms with E-state index in [4.69, 9.17) is 16.1 Å². The van der Waals surface area contributed by atoms with Crippen molar-refractivity contribution < 1.29 is 9.32 Å². The van der Waals surface area contributed by atoms with E-state index in [0.717, 1.165) is 10.6 Å². The van der Waals surface area contributed by atoms with Crippen LogP contribution in [0.2, 0.25) is 5.02 Å². The van der Waals surface area contributed by atoms with Gasteiger partial charge in [-0.05, 0) is 30.9 Å². The number of aromatic nitrogens is 2. The van der Waals surface area contributed by atoms with Crippen LogP contribution in [0.3, 0.4) is 0 Å². The fourth-order valence-corrected chi connectivity index (χ4v) is 2.53. The number of thioether (sulfide) groups is 1. The summed E-state index contributed by atoms with van der Waals surface area (Å²) in [6.07, 6.45) is 0. The van der Waals surface area contributed by atoms with Gasteiger partial charge in [0.15, 0.2) is 5.82 Å². The number of carbonyl (C=O) groups excluding carboxylic acids is 1. The second-order valence-corrected chi connectivity index (χ2v) is 5.86. The molecule has 8 heteroatoms. The van der Waals surface area contributed by atoms with Gasteiger partial charge in [0, 0.05) is 9.92 Å². The third kappa shape index (κ3) is 4.64. The first kappa shape index (κ1) is 15.7. The summed E-state index contributed by atoms with van der Waals surface area (Å²) in [6, 6.07) is 5.04. The average Bonchev–Trinajstić information content (AvgIpc) is 2.85. The number of halogens is 1. The molecule has 2 N–H and O–H groups in total. The first-order valence-electron chi connectivity index (χ1n) is 6.35. The Kier molecular flexibility index (Phi) is 5.46. The van der Waals surface area contributed by atoms with Crippen LogP contribution in [0.15, 0.2) is 27.6 Å². The first-order chi connectivity index (χ1) is 10.1. The van der Waals surface area contributed by atoms with Gasteiger partial charge in [-0.3, -0.25) is 0 Å². The van der Waals surface area contributed by atoms with Crippen molar-refractivity contribution in [1.82, 2.24) is 15.5 Å². The molecular weight excluding hydrogens is 312 g/mol. The van der Waals surface area contributed by atoms with Crippen LogP contribution in [0.4, 0.5) is 10.5 Å². The lowest BCUT2D eigenvalue weighted by atomic mass is 10.3. The summed E-state index contributed by atoms with van der Waals surface area (Å²) in [4.78, 5) is 16.9. The lowest BCUT2D eigenvalue weighted by Gasteiger charge is -2.11. The fraction of sp³-hybridized carbons (Fsp3) is 0.308. The van der Waals surface area contributed by atoms with Gasteiger partial charge >= 0.3 is 6.03 Å². The van der Waals surface area contributed by atoms with Gasteiger partial charge in [0.25, 0.3) is 0 Å². The average molecular weight is 327 g/mol. The Morgan fingerprint density at radius 3 is 2.95 bits per heavy atom. The minimum atomic E-state index is -0.355. The third-order valence-electron chi connectivity index (χ3n) is 2.46. The first-order valence-corrected chi connectivity index (χ1v) is 7.71. The molecular formula is C13H15ClN4O2S. The zero-order chi connectivity index (χ0) is 15.2. The van der Waals surface area contributed by atoms with Crippen molar-refractivity contribution >= 4 is 35.1 Å². The van der Waals surface area contributed by atoms with Crippen LogP contribution in [0.1, 0.15) is 18.6 Å². The Hall–Kier alpha value is -1.73. The number of aryl methyl sites for hydroxylation is 1. The zero-order valence-electron chi connectivity index (χ0n) is 11.6. The maximum absolute atomic E-state index is 11.9. The lowest BCUT2D eigenvalue weighted by molar-refractivity contribution is 0.249. The molecule has 0 atom stereocenters. The number of hydrogen-bond donors (Lipinski definition) is 2. The van der Waals surface area contributed by atoms with Crippen molar-refractivity contribution in [3.63, 3.8) is 0 Å². The number of hydrogen-bond acceptors (Lipinski definition) is 5. The van der Waals surface area contributed by atoms with Gasteiger partial charge in [0.05, 0.1) is 12.2 Å². The predicted octanol–water partition coefficient (Wildman–Crippen LogP) is 3.47. The van der Waals surface area contributed by atoms with Crippen LogP contribution in [0.25, 0.3) is 0 Å². The molecule has 112 valence electrons. The van der Waals surface area contributed by atoms with E-state index < -0.39 is 0 Å². The Labute approximate surface area is 131 Å². The van der Waals surface area contributed by atoms with E-state index in [1.807, 2.05) is 13.0 Å². The highest BCUT2D eigenvalue weighted by molar-refractivity contribution is 7.99. The zero-order valence-corrected chi connectivity index (χ0v) is 13.2. The highest BCUT2D eigenvalue weighted by Gasteiger charge is 2.09. The molecule has 1 heterocycles. The number of carbonyl (C=O) groups is 1. The molecule has 0 saturated carbocycles. The van der Waals surface area contributed by atoms with E-state index in [1.165, 1.54) is 0 Å². The van der Waals surface area contributed by atoms with Gasteiger partial charge in [-0.25, -0.2) is 4.79 Å². The number of anilines is 1. The normalized spacial score (nSPS) is 10.4. The largest absolute Gasteiger partial charge is 0.337 e. The van der Waals surface area contributed by atoms with Gasteiger partial charge in [0.2, 0.25) is 5.89 Å². The second-order valence-electron chi connectivity index (χ2n) is 4.12. The van der Waals surface area contributed by atoms with E-state index in [0.29, 0.717) is 22.4 Å². The van der Waals surface area contributed by atoms with Crippen molar-refractivity contribution in [2.45, 2.75) is 25.3 Å². The van der Waals surface area contributed by atoms with Gasteiger partial charge in [0.1, 0.15) is 0 Å². The van der Waals surface area contributed by atoms with Crippen molar-refractivity contribution in [3.8, 4) is 0 Å². The molecule has 21 heavy (non-hydrogen) atoms. The predicted molar refractivity (Wildman–Crippen MR) is 82.7 cm³/mol.